The number of amides is 4. The van der Waals surface area contributed by atoms with E-state index in [0.29, 0.717) is 5.56 Å². The van der Waals surface area contributed by atoms with E-state index in [0.717, 1.165) is 21.7 Å². The largest absolute Gasteiger partial charge is 0.348 e. The molecule has 1 fully saturated rings. The van der Waals surface area contributed by atoms with Crippen molar-refractivity contribution in [3.8, 4) is 5.69 Å². The lowest BCUT2D eigenvalue weighted by atomic mass is 9.91. The van der Waals surface area contributed by atoms with Gasteiger partial charge in [-0.1, -0.05) is 42.0 Å². The summed E-state index contributed by atoms with van der Waals surface area (Å²) in [5.74, 6) is -0.874. The summed E-state index contributed by atoms with van der Waals surface area (Å²) in [4.78, 5) is 43.0. The summed E-state index contributed by atoms with van der Waals surface area (Å²) in [6.45, 7) is 5.08. The molecule has 1 aliphatic heterocycles. The van der Waals surface area contributed by atoms with Gasteiger partial charge in [-0.05, 0) is 44.0 Å². The van der Waals surface area contributed by atoms with Crippen molar-refractivity contribution < 1.29 is 14.4 Å². The molecule has 9 heteroatoms. The molecular formula is C23H24N6O3. The predicted molar refractivity (Wildman–Crippen MR) is 117 cm³/mol. The number of rotatable bonds is 6. The zero-order valence-corrected chi connectivity index (χ0v) is 18.1. The van der Waals surface area contributed by atoms with Crippen molar-refractivity contribution in [3.63, 3.8) is 0 Å². The van der Waals surface area contributed by atoms with E-state index in [4.69, 9.17) is 0 Å². The van der Waals surface area contributed by atoms with Crippen molar-refractivity contribution in [2.75, 3.05) is 6.54 Å². The summed E-state index contributed by atoms with van der Waals surface area (Å²) in [6.07, 6.45) is 3.05. The number of nitrogens with one attached hydrogen (secondary N) is 2. The molecule has 0 aliphatic carbocycles. The standard InChI is InChI=1S/C23H24N6O3/c1-15-4-8-18(9-5-15)23(3)21(31)28(22(32)27-23)12-20(30)26-16(2)17-6-10-19(11-7-17)29-14-24-13-25-29/h4-11,13-14,16H,12H2,1-3H3,(H,26,30)(H,27,32)/t16-,23-/m0/s1. The van der Waals surface area contributed by atoms with Gasteiger partial charge in [-0.25, -0.2) is 14.5 Å². The number of urea groups is 1. The Morgan fingerprint density at radius 3 is 2.44 bits per heavy atom. The number of aromatic nitrogens is 3. The lowest BCUT2D eigenvalue weighted by Gasteiger charge is -2.22. The Labute approximate surface area is 185 Å². The van der Waals surface area contributed by atoms with Gasteiger partial charge in [0.15, 0.2) is 0 Å². The van der Waals surface area contributed by atoms with Crippen molar-refractivity contribution in [1.82, 2.24) is 30.3 Å². The molecule has 0 bridgehead atoms. The number of hydrogen-bond donors (Lipinski definition) is 2. The van der Waals surface area contributed by atoms with Crippen LogP contribution in [0.5, 0.6) is 0 Å². The third kappa shape index (κ3) is 3.96. The first-order valence-corrected chi connectivity index (χ1v) is 10.2. The van der Waals surface area contributed by atoms with Gasteiger partial charge in [0, 0.05) is 0 Å². The van der Waals surface area contributed by atoms with Gasteiger partial charge in [-0.3, -0.25) is 14.5 Å². The number of carbonyl (C=O) groups is 3. The molecule has 1 aliphatic rings. The molecule has 1 saturated heterocycles. The van der Waals surface area contributed by atoms with Crippen LogP contribution in [0.2, 0.25) is 0 Å². The Hall–Kier alpha value is -4.01. The van der Waals surface area contributed by atoms with Gasteiger partial charge in [-0.2, -0.15) is 5.10 Å². The Balaban J connectivity index is 1.40. The van der Waals surface area contributed by atoms with Gasteiger partial charge in [0.2, 0.25) is 5.91 Å². The zero-order chi connectivity index (χ0) is 22.9. The molecule has 0 radical (unpaired) electrons. The highest BCUT2D eigenvalue weighted by atomic mass is 16.2. The second-order valence-electron chi connectivity index (χ2n) is 8.03. The van der Waals surface area contributed by atoms with Crippen LogP contribution in [-0.4, -0.2) is 44.1 Å². The molecular weight excluding hydrogens is 408 g/mol. The van der Waals surface area contributed by atoms with Gasteiger partial charge in [0.25, 0.3) is 5.91 Å². The van der Waals surface area contributed by atoms with Crippen molar-refractivity contribution in [2.45, 2.75) is 32.4 Å². The molecule has 0 spiro atoms. The first-order chi connectivity index (χ1) is 15.3. The first-order valence-electron chi connectivity index (χ1n) is 10.2. The monoisotopic (exact) mass is 432 g/mol. The highest BCUT2D eigenvalue weighted by Gasteiger charge is 2.49. The van der Waals surface area contributed by atoms with Crippen LogP contribution < -0.4 is 10.6 Å². The highest BCUT2D eigenvalue weighted by molar-refractivity contribution is 6.09. The maximum atomic E-state index is 13.0. The predicted octanol–water partition coefficient (Wildman–Crippen LogP) is 2.22. The molecule has 3 aromatic rings. The molecule has 0 unspecified atom stereocenters. The molecule has 2 aromatic carbocycles. The minimum Gasteiger partial charge on any atom is -0.348 e. The van der Waals surface area contributed by atoms with E-state index in [1.807, 2.05) is 62.4 Å². The van der Waals surface area contributed by atoms with Gasteiger partial charge < -0.3 is 10.6 Å². The molecule has 164 valence electrons. The van der Waals surface area contributed by atoms with Crippen LogP contribution in [0.15, 0.2) is 61.2 Å². The zero-order valence-electron chi connectivity index (χ0n) is 18.1. The molecule has 1 aromatic heterocycles. The van der Waals surface area contributed by atoms with Crippen LogP contribution in [0.3, 0.4) is 0 Å². The van der Waals surface area contributed by atoms with Crippen LogP contribution >= 0.6 is 0 Å². The minimum atomic E-state index is -1.20. The van der Waals surface area contributed by atoms with Gasteiger partial charge in [0.05, 0.1) is 11.7 Å². The van der Waals surface area contributed by atoms with Crippen LogP contribution in [-0.2, 0) is 15.1 Å². The van der Waals surface area contributed by atoms with Crippen molar-refractivity contribution in [1.29, 1.82) is 0 Å². The number of imide groups is 1. The quantitative estimate of drug-likeness (QED) is 0.581. The summed E-state index contributed by atoms with van der Waals surface area (Å²) in [5, 5.41) is 9.64. The van der Waals surface area contributed by atoms with Crippen LogP contribution in [0, 0.1) is 6.92 Å². The van der Waals surface area contributed by atoms with E-state index in [1.54, 1.807) is 17.9 Å². The Kier molecular flexibility index (Phi) is 5.48. The normalized spacial score (nSPS) is 19.0. The fraction of sp³-hybridized carbons (Fsp3) is 0.261. The van der Waals surface area contributed by atoms with E-state index in [2.05, 4.69) is 20.7 Å². The van der Waals surface area contributed by atoms with Gasteiger partial charge in [0.1, 0.15) is 24.7 Å². The third-order valence-electron chi connectivity index (χ3n) is 5.66. The molecule has 0 saturated carbocycles. The third-order valence-corrected chi connectivity index (χ3v) is 5.66. The average molecular weight is 432 g/mol. The number of benzene rings is 2. The summed E-state index contributed by atoms with van der Waals surface area (Å²) in [7, 11) is 0. The molecule has 4 rings (SSSR count). The maximum absolute atomic E-state index is 13.0. The molecule has 32 heavy (non-hydrogen) atoms. The number of aryl methyl sites for hydroxylation is 1. The van der Waals surface area contributed by atoms with Crippen LogP contribution in [0.25, 0.3) is 5.69 Å². The van der Waals surface area contributed by atoms with Crippen LogP contribution in [0.1, 0.15) is 36.6 Å². The summed E-state index contributed by atoms with van der Waals surface area (Å²) in [5.41, 5.74) is 2.25. The fourth-order valence-electron chi connectivity index (χ4n) is 3.69. The van der Waals surface area contributed by atoms with E-state index in [1.165, 1.54) is 6.33 Å². The second kappa shape index (κ2) is 8.26. The van der Waals surface area contributed by atoms with E-state index in [-0.39, 0.29) is 12.6 Å². The Morgan fingerprint density at radius 2 is 1.81 bits per heavy atom. The fourth-order valence-corrected chi connectivity index (χ4v) is 3.69. The molecule has 2 N–H and O–H groups in total. The lowest BCUT2D eigenvalue weighted by molar-refractivity contribution is -0.135. The van der Waals surface area contributed by atoms with Crippen molar-refractivity contribution in [2.24, 2.45) is 0 Å². The number of hydrogen-bond acceptors (Lipinski definition) is 5. The lowest BCUT2D eigenvalue weighted by Crippen LogP contribution is -2.43. The Bertz CT molecular complexity index is 1140. The first kappa shape index (κ1) is 21.2. The van der Waals surface area contributed by atoms with Crippen LogP contribution in [0.4, 0.5) is 4.79 Å². The maximum Gasteiger partial charge on any atom is 0.325 e. The smallest absolute Gasteiger partial charge is 0.325 e. The van der Waals surface area contributed by atoms with E-state index in [9.17, 15) is 14.4 Å². The molecule has 2 atom stereocenters. The summed E-state index contributed by atoms with van der Waals surface area (Å²) < 4.78 is 1.63. The topological polar surface area (TPSA) is 109 Å². The van der Waals surface area contributed by atoms with Crippen molar-refractivity contribution in [3.05, 3.63) is 77.9 Å². The highest BCUT2D eigenvalue weighted by Crippen LogP contribution is 2.29. The minimum absolute atomic E-state index is 0.309. The Morgan fingerprint density at radius 1 is 1.12 bits per heavy atom. The molecule has 2 heterocycles. The van der Waals surface area contributed by atoms with Gasteiger partial charge >= 0.3 is 6.03 Å². The number of nitrogens with zero attached hydrogens (tertiary/aromatic N) is 4. The summed E-state index contributed by atoms with van der Waals surface area (Å²) >= 11 is 0. The second-order valence-corrected chi connectivity index (χ2v) is 8.03. The molecule has 4 amide bonds. The SMILES string of the molecule is Cc1ccc([C@]2(C)NC(=O)N(CC(=O)N[C@@H](C)c3ccc(-n4cncn4)cc3)C2=O)cc1. The summed E-state index contributed by atoms with van der Waals surface area (Å²) in [6, 6.07) is 14.0. The van der Waals surface area contributed by atoms with E-state index >= 15 is 0 Å². The van der Waals surface area contributed by atoms with E-state index < -0.39 is 23.4 Å². The number of carbonyl (C=O) groups excluding carboxylic acids is 3. The van der Waals surface area contributed by atoms with Gasteiger partial charge in [-0.15, -0.1) is 0 Å². The molecule has 9 nitrogen and oxygen atoms in total. The van der Waals surface area contributed by atoms with Crippen molar-refractivity contribution >= 4 is 17.8 Å². The average Bonchev–Trinajstić information content (AvgIpc) is 3.38.